The summed E-state index contributed by atoms with van der Waals surface area (Å²) >= 11 is 1.42. The van der Waals surface area contributed by atoms with E-state index in [4.69, 9.17) is 9.47 Å². The lowest BCUT2D eigenvalue weighted by Crippen LogP contribution is -2.39. The second-order valence-electron chi connectivity index (χ2n) is 12.0. The normalized spacial score (nSPS) is 11.1. The smallest absolute Gasteiger partial charge is 0.410 e. The topological polar surface area (TPSA) is 97.8 Å². The van der Waals surface area contributed by atoms with Crippen LogP contribution < -0.4 is 0 Å². The van der Waals surface area contributed by atoms with Gasteiger partial charge in [-0.25, -0.2) is 14.6 Å². The molecule has 0 bridgehead atoms. The van der Waals surface area contributed by atoms with Gasteiger partial charge in [0.15, 0.2) is 0 Å². The molecule has 47 heavy (non-hydrogen) atoms. The van der Waals surface area contributed by atoms with Gasteiger partial charge in [-0.05, 0) is 62.6 Å². The lowest BCUT2D eigenvalue weighted by atomic mass is 10.1. The average Bonchev–Trinajstić information content (AvgIpc) is 3.56. The first-order valence-corrected chi connectivity index (χ1v) is 16.4. The standard InChI is InChI=1S/C37H39N5O4S/c1-37(2,3)46-36(44)42(24-28-12-5-4-6-13-28)23-11-22-41(25-29-16-18-30(19-17-29)31-14-7-9-20-38-31)35(43)45-26-33-34(40-27-47-33)32-15-8-10-21-39-32/h4-10,12-21,27H,11,22-26H2,1-3H3. The van der Waals surface area contributed by atoms with Crippen LogP contribution in [0.1, 0.15) is 43.2 Å². The number of ether oxygens (including phenoxy) is 2. The van der Waals surface area contributed by atoms with Crippen LogP contribution in [0.3, 0.4) is 0 Å². The molecule has 9 nitrogen and oxygen atoms in total. The summed E-state index contributed by atoms with van der Waals surface area (Å²) in [6.45, 7) is 7.12. The van der Waals surface area contributed by atoms with Crippen molar-refractivity contribution >= 4 is 23.5 Å². The van der Waals surface area contributed by atoms with E-state index in [-0.39, 0.29) is 6.61 Å². The van der Waals surface area contributed by atoms with Crippen molar-refractivity contribution in [1.82, 2.24) is 24.8 Å². The largest absolute Gasteiger partial charge is 0.444 e. The molecule has 3 aromatic heterocycles. The van der Waals surface area contributed by atoms with E-state index in [2.05, 4.69) is 15.0 Å². The zero-order valence-corrected chi connectivity index (χ0v) is 27.7. The van der Waals surface area contributed by atoms with Crippen molar-refractivity contribution in [2.45, 2.75) is 52.5 Å². The maximum atomic E-state index is 13.6. The molecule has 0 saturated carbocycles. The Hall–Kier alpha value is -5.09. The van der Waals surface area contributed by atoms with Gasteiger partial charge in [0.05, 0.1) is 21.8 Å². The highest BCUT2D eigenvalue weighted by atomic mass is 32.1. The van der Waals surface area contributed by atoms with Crippen LogP contribution in [0.15, 0.2) is 109 Å². The SMILES string of the molecule is CC(C)(C)OC(=O)N(CCCN(Cc1ccc(-c2ccccn2)cc1)C(=O)OCc1scnc1-c1ccccn1)Cc1ccccc1. The maximum Gasteiger partial charge on any atom is 0.410 e. The number of benzene rings is 2. The second kappa shape index (κ2) is 16.0. The van der Waals surface area contributed by atoms with E-state index in [1.807, 2.05) is 112 Å². The molecule has 10 heteroatoms. The van der Waals surface area contributed by atoms with E-state index in [0.717, 1.165) is 33.0 Å². The van der Waals surface area contributed by atoms with Gasteiger partial charge in [0.1, 0.15) is 17.9 Å². The van der Waals surface area contributed by atoms with E-state index < -0.39 is 17.8 Å². The van der Waals surface area contributed by atoms with Crippen LogP contribution in [0.2, 0.25) is 0 Å². The van der Waals surface area contributed by atoms with E-state index in [1.165, 1.54) is 11.3 Å². The number of rotatable bonds is 12. The molecule has 0 atom stereocenters. The van der Waals surface area contributed by atoms with Crippen LogP contribution in [-0.2, 0) is 29.2 Å². The molecular formula is C37H39N5O4S. The van der Waals surface area contributed by atoms with Gasteiger partial charge in [0.25, 0.3) is 0 Å². The molecule has 0 spiro atoms. The Labute approximate surface area is 279 Å². The summed E-state index contributed by atoms with van der Waals surface area (Å²) in [5.41, 5.74) is 6.34. The Kier molecular flexibility index (Phi) is 11.3. The summed E-state index contributed by atoms with van der Waals surface area (Å²) in [5, 5.41) is 0. The number of nitrogens with zero attached hydrogens (tertiary/aromatic N) is 5. The van der Waals surface area contributed by atoms with E-state index in [9.17, 15) is 9.59 Å². The summed E-state index contributed by atoms with van der Waals surface area (Å²) in [5.74, 6) is 0. The Morgan fingerprint density at radius 2 is 1.30 bits per heavy atom. The van der Waals surface area contributed by atoms with Crippen LogP contribution in [-0.4, -0.2) is 55.6 Å². The molecular weight excluding hydrogens is 611 g/mol. The van der Waals surface area contributed by atoms with Gasteiger partial charge in [-0.1, -0.05) is 66.7 Å². The first-order chi connectivity index (χ1) is 22.7. The Bertz CT molecular complexity index is 1710. The average molecular weight is 650 g/mol. The zero-order valence-electron chi connectivity index (χ0n) is 26.9. The molecule has 0 fully saturated rings. The van der Waals surface area contributed by atoms with Crippen molar-refractivity contribution in [2.24, 2.45) is 0 Å². The van der Waals surface area contributed by atoms with Crippen molar-refractivity contribution in [1.29, 1.82) is 0 Å². The van der Waals surface area contributed by atoms with Crippen LogP contribution in [0.25, 0.3) is 22.6 Å². The van der Waals surface area contributed by atoms with Gasteiger partial charge in [-0.3, -0.25) is 9.97 Å². The molecule has 2 aromatic carbocycles. The predicted molar refractivity (Wildman–Crippen MR) is 183 cm³/mol. The lowest BCUT2D eigenvalue weighted by molar-refractivity contribution is 0.0225. The van der Waals surface area contributed by atoms with Crippen molar-refractivity contribution in [3.8, 4) is 22.6 Å². The molecule has 5 aromatic rings. The van der Waals surface area contributed by atoms with E-state index in [1.54, 1.807) is 27.7 Å². The van der Waals surface area contributed by atoms with Crippen molar-refractivity contribution < 1.29 is 19.1 Å². The highest BCUT2D eigenvalue weighted by molar-refractivity contribution is 7.10. The molecule has 0 radical (unpaired) electrons. The molecule has 0 N–H and O–H groups in total. The summed E-state index contributed by atoms with van der Waals surface area (Å²) < 4.78 is 11.6. The zero-order chi connectivity index (χ0) is 33.1. The van der Waals surface area contributed by atoms with Crippen LogP contribution >= 0.6 is 11.3 Å². The summed E-state index contributed by atoms with van der Waals surface area (Å²) in [7, 11) is 0. The minimum Gasteiger partial charge on any atom is -0.444 e. The molecule has 0 saturated heterocycles. The van der Waals surface area contributed by atoms with Gasteiger partial charge in [0, 0.05) is 44.1 Å². The number of thiazole rings is 1. The van der Waals surface area contributed by atoms with E-state index >= 15 is 0 Å². The Balaban J connectivity index is 1.29. The molecule has 0 unspecified atom stereocenters. The minimum atomic E-state index is -0.631. The predicted octanol–water partition coefficient (Wildman–Crippen LogP) is 8.23. The lowest BCUT2D eigenvalue weighted by Gasteiger charge is -2.29. The Morgan fingerprint density at radius 3 is 1.91 bits per heavy atom. The Morgan fingerprint density at radius 1 is 0.702 bits per heavy atom. The number of hydrogen-bond donors (Lipinski definition) is 0. The number of hydrogen-bond acceptors (Lipinski definition) is 8. The fourth-order valence-corrected chi connectivity index (χ4v) is 5.57. The third-order valence-corrected chi connectivity index (χ3v) is 7.95. The van der Waals surface area contributed by atoms with Gasteiger partial charge in [0.2, 0.25) is 0 Å². The first kappa shape index (κ1) is 33.3. The maximum absolute atomic E-state index is 13.6. The quantitative estimate of drug-likeness (QED) is 0.134. The summed E-state index contributed by atoms with van der Waals surface area (Å²) in [6, 6.07) is 29.2. The van der Waals surface area contributed by atoms with Crippen LogP contribution in [0, 0.1) is 0 Å². The van der Waals surface area contributed by atoms with Gasteiger partial charge < -0.3 is 19.3 Å². The summed E-state index contributed by atoms with van der Waals surface area (Å²) in [6.07, 6.45) is 3.15. The molecule has 0 aliphatic heterocycles. The molecule has 3 heterocycles. The fourth-order valence-electron chi connectivity index (χ4n) is 4.89. The van der Waals surface area contributed by atoms with Crippen LogP contribution in [0.4, 0.5) is 9.59 Å². The summed E-state index contributed by atoms with van der Waals surface area (Å²) in [4.78, 5) is 44.3. The third-order valence-electron chi connectivity index (χ3n) is 7.15. The molecule has 242 valence electrons. The number of carbonyl (C=O) groups is 2. The number of amides is 2. The number of pyridine rings is 2. The molecule has 0 aliphatic rings. The minimum absolute atomic E-state index is 0.0720. The van der Waals surface area contributed by atoms with Crippen LogP contribution in [0.5, 0.6) is 0 Å². The first-order valence-electron chi connectivity index (χ1n) is 15.5. The fraction of sp³-hybridized carbons (Fsp3) is 0.270. The van der Waals surface area contributed by atoms with Crippen molar-refractivity contribution in [3.05, 3.63) is 125 Å². The van der Waals surface area contributed by atoms with Gasteiger partial charge in [-0.15, -0.1) is 11.3 Å². The van der Waals surface area contributed by atoms with E-state index in [0.29, 0.717) is 38.3 Å². The van der Waals surface area contributed by atoms with Crippen molar-refractivity contribution in [3.63, 3.8) is 0 Å². The number of carbonyl (C=O) groups excluding carboxylic acids is 2. The monoisotopic (exact) mass is 649 g/mol. The third kappa shape index (κ3) is 9.95. The van der Waals surface area contributed by atoms with Gasteiger partial charge in [-0.2, -0.15) is 0 Å². The second-order valence-corrected chi connectivity index (χ2v) is 12.9. The highest BCUT2D eigenvalue weighted by Crippen LogP contribution is 2.25. The van der Waals surface area contributed by atoms with Crippen molar-refractivity contribution in [2.75, 3.05) is 13.1 Å². The molecule has 0 aliphatic carbocycles. The molecule has 2 amide bonds. The van der Waals surface area contributed by atoms with Gasteiger partial charge >= 0.3 is 12.2 Å². The number of aromatic nitrogens is 3. The molecule has 5 rings (SSSR count). The highest BCUT2D eigenvalue weighted by Gasteiger charge is 2.24.